The van der Waals surface area contributed by atoms with Gasteiger partial charge in [-0.3, -0.25) is 9.59 Å². The molecule has 4 aromatic carbocycles. The Balaban J connectivity index is 0.00000308. The smallest absolute Gasteiger partial charge is 0.354 e. The van der Waals surface area contributed by atoms with E-state index in [9.17, 15) is 36.3 Å². The fraction of sp³-hybridized carbons (Fsp3) is 0.341. The second-order valence-electron chi connectivity index (χ2n) is 12.7. The number of hydrogen-bond donors (Lipinski definition) is 4. The number of amides is 2. The fourth-order valence-corrected chi connectivity index (χ4v) is 6.93. The van der Waals surface area contributed by atoms with E-state index >= 15 is 0 Å². The number of alkyl halides is 5. The average Bonchev–Trinajstić information content (AvgIpc) is 3.44. The summed E-state index contributed by atoms with van der Waals surface area (Å²) < 4.78 is 65.5. The topological polar surface area (TPSA) is 113 Å². The number of fused-ring (bicyclic) bond motifs is 3. The van der Waals surface area contributed by atoms with E-state index in [1.54, 1.807) is 18.2 Å². The molecule has 0 saturated heterocycles. The molecule has 0 spiro atoms. The predicted molar refractivity (Wildman–Crippen MR) is 197 cm³/mol. The summed E-state index contributed by atoms with van der Waals surface area (Å²) in [5.74, 6) is -1.05. The summed E-state index contributed by atoms with van der Waals surface area (Å²) in [7, 11) is 1.50. The number of halogens is 5. The largest absolute Gasteiger partial charge is 0.416 e. The first-order valence-electron chi connectivity index (χ1n) is 17.6. The zero-order valence-corrected chi connectivity index (χ0v) is 29.5. The van der Waals surface area contributed by atoms with Crippen LogP contribution in [0.25, 0.3) is 22.3 Å². The van der Waals surface area contributed by atoms with Gasteiger partial charge < -0.3 is 26.5 Å². The summed E-state index contributed by atoms with van der Waals surface area (Å²) in [6.07, 6.45) is -3.36. The lowest BCUT2D eigenvalue weighted by atomic mass is 9.74. The molecule has 7 nitrogen and oxygen atoms in total. The molecule has 5 N–H and O–H groups in total. The molecule has 5 rings (SSSR count). The summed E-state index contributed by atoms with van der Waals surface area (Å²) in [5, 5.41) is 8.55. The molecule has 1 aliphatic rings. The zero-order chi connectivity index (χ0) is 38.4. The van der Waals surface area contributed by atoms with E-state index in [1.807, 2.05) is 24.3 Å². The molecule has 12 heteroatoms. The molecule has 4 aromatic rings. The summed E-state index contributed by atoms with van der Waals surface area (Å²) in [4.78, 5) is 37.8. The highest BCUT2D eigenvalue weighted by Gasteiger charge is 2.42. The number of nitrogens with one attached hydrogen (secondary N) is 3. The van der Waals surface area contributed by atoms with Gasteiger partial charge in [-0.25, -0.2) is 8.78 Å². The third kappa shape index (κ3) is 10.1. The van der Waals surface area contributed by atoms with Crippen molar-refractivity contribution in [1.82, 2.24) is 16.0 Å². The van der Waals surface area contributed by atoms with Gasteiger partial charge in [0.1, 0.15) is 12.3 Å². The van der Waals surface area contributed by atoms with E-state index in [-0.39, 0.29) is 18.4 Å². The minimum absolute atomic E-state index is 0.0313. The maximum absolute atomic E-state index is 13.4. The lowest BCUT2D eigenvalue weighted by molar-refractivity contribution is -0.137. The van der Waals surface area contributed by atoms with Gasteiger partial charge in [-0.2, -0.15) is 13.2 Å². The molecule has 0 aliphatic heterocycles. The predicted octanol–water partition coefficient (Wildman–Crippen LogP) is 7.52. The Bertz CT molecular complexity index is 1770. The Morgan fingerprint density at radius 2 is 1.38 bits per heavy atom. The highest BCUT2D eigenvalue weighted by Crippen LogP contribution is 2.51. The Morgan fingerprint density at radius 1 is 0.792 bits per heavy atom. The van der Waals surface area contributed by atoms with Gasteiger partial charge in [0.05, 0.1) is 12.1 Å². The molecule has 2 amide bonds. The molecular weight excluding hydrogens is 691 g/mol. The van der Waals surface area contributed by atoms with E-state index in [2.05, 4.69) is 45.9 Å². The molecule has 53 heavy (non-hydrogen) atoms. The second kappa shape index (κ2) is 19.2. The van der Waals surface area contributed by atoms with Gasteiger partial charge in [0.2, 0.25) is 5.91 Å². The van der Waals surface area contributed by atoms with Crippen molar-refractivity contribution in [1.29, 1.82) is 0 Å². The summed E-state index contributed by atoms with van der Waals surface area (Å²) in [5.41, 5.74) is 8.60. The van der Waals surface area contributed by atoms with Crippen LogP contribution in [0.3, 0.4) is 0 Å². The fourth-order valence-electron chi connectivity index (χ4n) is 6.93. The highest BCUT2D eigenvalue weighted by molar-refractivity contribution is 6.03. The number of rotatable bonds is 17. The zero-order valence-electron chi connectivity index (χ0n) is 29.5. The first-order chi connectivity index (χ1) is 25.5. The van der Waals surface area contributed by atoms with Gasteiger partial charge in [0.25, 0.3) is 12.3 Å². The molecule has 282 valence electrons. The lowest BCUT2D eigenvalue weighted by Gasteiger charge is -2.33. The van der Waals surface area contributed by atoms with Gasteiger partial charge in [-0.15, -0.1) is 0 Å². The van der Waals surface area contributed by atoms with Crippen LogP contribution in [0.15, 0.2) is 97.1 Å². The van der Waals surface area contributed by atoms with Gasteiger partial charge in [-0.1, -0.05) is 91.7 Å². The third-order valence-electron chi connectivity index (χ3n) is 9.37. The molecule has 0 aromatic heterocycles. The molecule has 0 radical (unpaired) electrons. The number of hydrogen-bond acceptors (Lipinski definition) is 5. The number of carbonyl (C=O) groups excluding carboxylic acids is 3. The van der Waals surface area contributed by atoms with Crippen LogP contribution in [0.4, 0.5) is 22.0 Å². The van der Waals surface area contributed by atoms with E-state index in [1.165, 1.54) is 25.2 Å². The van der Waals surface area contributed by atoms with Crippen molar-refractivity contribution in [3.8, 4) is 22.3 Å². The lowest BCUT2D eigenvalue weighted by Crippen LogP contribution is -2.47. The maximum atomic E-state index is 13.4. The number of carbonyl (C=O) groups is 3. The van der Waals surface area contributed by atoms with Crippen LogP contribution in [-0.4, -0.2) is 57.2 Å². The van der Waals surface area contributed by atoms with E-state index in [0.717, 1.165) is 47.2 Å². The van der Waals surface area contributed by atoms with Crippen LogP contribution >= 0.6 is 0 Å². The van der Waals surface area contributed by atoms with Crippen LogP contribution in [0.5, 0.6) is 0 Å². The van der Waals surface area contributed by atoms with Gasteiger partial charge in [-0.05, 0) is 77.9 Å². The first-order valence-corrected chi connectivity index (χ1v) is 17.6. The second-order valence-corrected chi connectivity index (χ2v) is 12.7. The molecule has 0 fully saturated rings. The standard InChI is InChI=1S/C40H40F5N3O3.CH5N/c41-36(42)25-46-26-39(33-15-6-4-12-30(33)31-13-5-7-16-34(31)39)22-8-1-9-23-47-38(51)35(17-10-24-49)48-37(50)32-14-3-2-11-29(32)27-18-20-28(21-19-27)40(43,44)45;1-2/h2-7,11-16,18-21,24,35-36,46H,1,8-10,17,22-23,25-26H2,(H,47,51)(H,48,50);2H2,1H3. The number of unbranched alkanes of at least 4 members (excludes halogenated alkanes) is 2. The van der Waals surface area contributed by atoms with Crippen LogP contribution < -0.4 is 21.7 Å². The number of benzene rings is 4. The van der Waals surface area contributed by atoms with Crippen LogP contribution in [0, 0.1) is 0 Å². The van der Waals surface area contributed by atoms with Crippen molar-refractivity contribution in [2.75, 3.05) is 26.7 Å². The quantitative estimate of drug-likeness (QED) is 0.0509. The molecule has 1 unspecified atom stereocenters. The van der Waals surface area contributed by atoms with Crippen molar-refractivity contribution in [3.63, 3.8) is 0 Å². The summed E-state index contributed by atoms with van der Waals surface area (Å²) >= 11 is 0. The molecule has 0 bridgehead atoms. The minimum Gasteiger partial charge on any atom is -0.354 e. The summed E-state index contributed by atoms with van der Waals surface area (Å²) in [6, 6.07) is 26.0. The minimum atomic E-state index is -4.50. The normalized spacial score (nSPS) is 13.3. The first kappa shape index (κ1) is 40.8. The van der Waals surface area contributed by atoms with E-state index < -0.39 is 48.0 Å². The molecule has 0 saturated carbocycles. The van der Waals surface area contributed by atoms with E-state index in [4.69, 9.17) is 0 Å². The van der Waals surface area contributed by atoms with Crippen molar-refractivity contribution >= 4 is 18.1 Å². The van der Waals surface area contributed by atoms with Crippen molar-refractivity contribution in [2.45, 2.75) is 62.6 Å². The number of nitrogens with two attached hydrogens (primary N) is 1. The molecule has 1 atom stereocenters. The van der Waals surface area contributed by atoms with Crippen LogP contribution in [0.2, 0.25) is 0 Å². The molecular formula is C41H45F5N4O3. The highest BCUT2D eigenvalue weighted by atomic mass is 19.4. The van der Waals surface area contributed by atoms with Crippen LogP contribution in [0.1, 0.15) is 65.6 Å². The van der Waals surface area contributed by atoms with Gasteiger partial charge >= 0.3 is 6.18 Å². The summed E-state index contributed by atoms with van der Waals surface area (Å²) in [6.45, 7) is 0.279. The van der Waals surface area contributed by atoms with Crippen molar-refractivity contribution in [3.05, 3.63) is 119 Å². The molecule has 1 aliphatic carbocycles. The average molecular weight is 737 g/mol. The third-order valence-corrected chi connectivity index (χ3v) is 9.37. The Hall–Kier alpha value is -4.94. The van der Waals surface area contributed by atoms with Crippen molar-refractivity contribution < 1.29 is 36.3 Å². The van der Waals surface area contributed by atoms with Crippen LogP contribution in [-0.2, 0) is 21.2 Å². The van der Waals surface area contributed by atoms with Crippen molar-refractivity contribution in [2.24, 2.45) is 5.73 Å². The Kier molecular flexibility index (Phi) is 14.8. The SMILES string of the molecule is CN.O=CCCC(NC(=O)c1ccccc1-c1ccc(C(F)(F)F)cc1)C(=O)NCCCCCC1(CNCC(F)F)c2ccccc2-c2ccccc21. The van der Waals surface area contributed by atoms with Gasteiger partial charge in [0.15, 0.2) is 0 Å². The monoisotopic (exact) mass is 736 g/mol. The molecule has 0 heterocycles. The Labute approximate surface area is 306 Å². The maximum Gasteiger partial charge on any atom is 0.416 e. The van der Waals surface area contributed by atoms with E-state index in [0.29, 0.717) is 43.3 Å². The number of aldehydes is 1. The Morgan fingerprint density at radius 3 is 1.96 bits per heavy atom. The van der Waals surface area contributed by atoms with Gasteiger partial charge in [0, 0.05) is 30.5 Å².